The third-order valence-corrected chi connectivity index (χ3v) is 4.00. The number of benzene rings is 1. The number of aromatic nitrogens is 2. The molecule has 1 amide bonds. The van der Waals surface area contributed by atoms with Gasteiger partial charge in [0.25, 0.3) is 5.91 Å². The van der Waals surface area contributed by atoms with Crippen LogP contribution in [0.5, 0.6) is 11.6 Å². The Balaban J connectivity index is 1.50. The molecule has 0 radical (unpaired) electrons. The highest BCUT2D eigenvalue weighted by Crippen LogP contribution is 2.18. The molecule has 0 unspecified atom stereocenters. The van der Waals surface area contributed by atoms with Crippen molar-refractivity contribution in [2.45, 2.75) is 18.9 Å². The predicted molar refractivity (Wildman–Crippen MR) is 89.2 cm³/mol. The summed E-state index contributed by atoms with van der Waals surface area (Å²) in [7, 11) is 0. The zero-order chi connectivity index (χ0) is 16.8. The van der Waals surface area contributed by atoms with Gasteiger partial charge in [-0.1, -0.05) is 11.6 Å². The normalized spacial score (nSPS) is 17.4. The van der Waals surface area contributed by atoms with Crippen molar-refractivity contribution in [3.05, 3.63) is 47.9 Å². The molecule has 6 nitrogen and oxygen atoms in total. The van der Waals surface area contributed by atoms with Gasteiger partial charge in [0.05, 0.1) is 6.54 Å². The van der Waals surface area contributed by atoms with E-state index in [1.54, 1.807) is 41.4 Å². The molecule has 0 saturated carbocycles. The van der Waals surface area contributed by atoms with Gasteiger partial charge in [0.1, 0.15) is 18.2 Å². The summed E-state index contributed by atoms with van der Waals surface area (Å²) in [4.78, 5) is 22.0. The van der Waals surface area contributed by atoms with Crippen molar-refractivity contribution in [1.29, 1.82) is 0 Å². The summed E-state index contributed by atoms with van der Waals surface area (Å²) in [6.45, 7) is 1.25. The van der Waals surface area contributed by atoms with Crippen LogP contribution in [-0.4, -0.2) is 46.6 Å². The molecule has 1 aromatic heterocycles. The molecule has 1 aliphatic heterocycles. The standard InChI is InChI=1S/C17H18ClN3O3/c18-13-3-5-14(6-4-13)23-11-17(22)21-9-1-2-15(10-21)24-16-7-8-19-12-20-16/h3-8,12,15H,1-2,9-11H2/t15-/m1/s1. The van der Waals surface area contributed by atoms with Crippen LogP contribution < -0.4 is 9.47 Å². The van der Waals surface area contributed by atoms with Crippen LogP contribution >= 0.6 is 11.6 Å². The van der Waals surface area contributed by atoms with E-state index in [9.17, 15) is 4.79 Å². The number of halogens is 1. The molecule has 0 N–H and O–H groups in total. The number of ether oxygens (including phenoxy) is 2. The Kier molecular flexibility index (Phi) is 5.48. The fourth-order valence-corrected chi connectivity index (χ4v) is 2.67. The highest BCUT2D eigenvalue weighted by atomic mass is 35.5. The monoisotopic (exact) mass is 347 g/mol. The molecule has 1 saturated heterocycles. The maximum atomic E-state index is 12.3. The number of likely N-dealkylation sites (tertiary alicyclic amines) is 1. The van der Waals surface area contributed by atoms with Gasteiger partial charge < -0.3 is 14.4 Å². The van der Waals surface area contributed by atoms with E-state index in [0.717, 1.165) is 12.8 Å². The van der Waals surface area contributed by atoms with E-state index in [2.05, 4.69) is 9.97 Å². The number of nitrogens with zero attached hydrogens (tertiary/aromatic N) is 3. The molecule has 2 aromatic rings. The fraction of sp³-hybridized carbons (Fsp3) is 0.353. The Morgan fingerprint density at radius 1 is 1.29 bits per heavy atom. The molecule has 0 aliphatic carbocycles. The van der Waals surface area contributed by atoms with Gasteiger partial charge in [0, 0.05) is 23.8 Å². The van der Waals surface area contributed by atoms with Crippen molar-refractivity contribution in [3.63, 3.8) is 0 Å². The average Bonchev–Trinajstić information content (AvgIpc) is 2.62. The molecule has 0 spiro atoms. The third-order valence-electron chi connectivity index (χ3n) is 3.75. The number of amides is 1. The summed E-state index contributed by atoms with van der Waals surface area (Å²) < 4.78 is 11.3. The average molecular weight is 348 g/mol. The third kappa shape index (κ3) is 4.58. The Morgan fingerprint density at radius 3 is 2.88 bits per heavy atom. The number of piperidine rings is 1. The van der Waals surface area contributed by atoms with Gasteiger partial charge in [-0.15, -0.1) is 0 Å². The van der Waals surface area contributed by atoms with Crippen LogP contribution in [0.3, 0.4) is 0 Å². The molecule has 1 fully saturated rings. The van der Waals surface area contributed by atoms with Gasteiger partial charge in [0.2, 0.25) is 5.88 Å². The predicted octanol–water partition coefficient (Wildman–Crippen LogP) is 2.58. The van der Waals surface area contributed by atoms with Crippen molar-refractivity contribution < 1.29 is 14.3 Å². The second-order valence-corrected chi connectivity index (χ2v) is 5.95. The Labute approximate surface area is 145 Å². The quantitative estimate of drug-likeness (QED) is 0.831. The first-order chi connectivity index (χ1) is 11.7. The lowest BCUT2D eigenvalue weighted by Crippen LogP contribution is -2.46. The molecule has 1 aromatic carbocycles. The Bertz CT molecular complexity index is 667. The molecular weight excluding hydrogens is 330 g/mol. The molecule has 0 bridgehead atoms. The molecule has 3 rings (SSSR count). The van der Waals surface area contributed by atoms with Crippen LogP contribution in [-0.2, 0) is 4.79 Å². The van der Waals surface area contributed by atoms with Gasteiger partial charge >= 0.3 is 0 Å². The van der Waals surface area contributed by atoms with Gasteiger partial charge in [0.15, 0.2) is 6.61 Å². The van der Waals surface area contributed by atoms with Crippen molar-refractivity contribution in [2.75, 3.05) is 19.7 Å². The number of carbonyl (C=O) groups is 1. The van der Waals surface area contributed by atoms with E-state index >= 15 is 0 Å². The van der Waals surface area contributed by atoms with Crippen molar-refractivity contribution in [1.82, 2.24) is 14.9 Å². The van der Waals surface area contributed by atoms with E-state index in [0.29, 0.717) is 29.7 Å². The fourth-order valence-electron chi connectivity index (χ4n) is 2.55. The maximum absolute atomic E-state index is 12.3. The number of carbonyl (C=O) groups excluding carboxylic acids is 1. The first kappa shape index (κ1) is 16.5. The van der Waals surface area contributed by atoms with E-state index in [-0.39, 0.29) is 18.6 Å². The van der Waals surface area contributed by atoms with Crippen LogP contribution in [0.1, 0.15) is 12.8 Å². The molecule has 7 heteroatoms. The Morgan fingerprint density at radius 2 is 2.12 bits per heavy atom. The van der Waals surface area contributed by atoms with Gasteiger partial charge in [-0.25, -0.2) is 9.97 Å². The van der Waals surface area contributed by atoms with Crippen LogP contribution in [0.25, 0.3) is 0 Å². The van der Waals surface area contributed by atoms with E-state index in [4.69, 9.17) is 21.1 Å². The summed E-state index contributed by atoms with van der Waals surface area (Å²) in [6.07, 6.45) is 4.80. The molecule has 1 atom stereocenters. The van der Waals surface area contributed by atoms with Gasteiger partial charge in [-0.2, -0.15) is 0 Å². The molecule has 126 valence electrons. The van der Waals surface area contributed by atoms with Crippen molar-refractivity contribution >= 4 is 17.5 Å². The zero-order valence-electron chi connectivity index (χ0n) is 13.1. The highest BCUT2D eigenvalue weighted by molar-refractivity contribution is 6.30. The lowest BCUT2D eigenvalue weighted by atomic mass is 10.1. The SMILES string of the molecule is O=C(COc1ccc(Cl)cc1)N1CCC[C@@H](Oc2ccncn2)C1. The second-order valence-electron chi connectivity index (χ2n) is 5.51. The minimum Gasteiger partial charge on any atom is -0.484 e. The Hall–Kier alpha value is -2.34. The molecule has 24 heavy (non-hydrogen) atoms. The summed E-state index contributed by atoms with van der Waals surface area (Å²) in [5.41, 5.74) is 0. The first-order valence-corrected chi connectivity index (χ1v) is 8.17. The summed E-state index contributed by atoms with van der Waals surface area (Å²) in [6, 6.07) is 8.66. The molecule has 1 aliphatic rings. The van der Waals surface area contributed by atoms with Crippen LogP contribution in [0.4, 0.5) is 0 Å². The lowest BCUT2D eigenvalue weighted by molar-refractivity contribution is -0.136. The minimum atomic E-state index is -0.0619. The summed E-state index contributed by atoms with van der Waals surface area (Å²) in [5.74, 6) is 1.10. The minimum absolute atomic E-state index is 0.00184. The van der Waals surface area contributed by atoms with E-state index in [1.165, 1.54) is 6.33 Å². The smallest absolute Gasteiger partial charge is 0.260 e. The number of rotatable bonds is 5. The molecule has 2 heterocycles. The number of hydrogen-bond acceptors (Lipinski definition) is 5. The van der Waals surface area contributed by atoms with Crippen LogP contribution in [0.2, 0.25) is 5.02 Å². The largest absolute Gasteiger partial charge is 0.484 e. The number of hydrogen-bond donors (Lipinski definition) is 0. The van der Waals surface area contributed by atoms with Gasteiger partial charge in [-0.05, 0) is 37.1 Å². The first-order valence-electron chi connectivity index (χ1n) is 7.79. The zero-order valence-corrected chi connectivity index (χ0v) is 13.9. The molecular formula is C17H18ClN3O3. The second kappa shape index (κ2) is 7.97. The van der Waals surface area contributed by atoms with Crippen molar-refractivity contribution in [3.8, 4) is 11.6 Å². The summed E-state index contributed by atoms with van der Waals surface area (Å²) in [5, 5.41) is 0.634. The lowest BCUT2D eigenvalue weighted by Gasteiger charge is -2.32. The van der Waals surface area contributed by atoms with Gasteiger partial charge in [-0.3, -0.25) is 4.79 Å². The van der Waals surface area contributed by atoms with E-state index < -0.39 is 0 Å². The van der Waals surface area contributed by atoms with Crippen LogP contribution in [0, 0.1) is 0 Å². The van der Waals surface area contributed by atoms with Crippen LogP contribution in [0.15, 0.2) is 42.9 Å². The van der Waals surface area contributed by atoms with Crippen molar-refractivity contribution in [2.24, 2.45) is 0 Å². The summed E-state index contributed by atoms with van der Waals surface area (Å²) >= 11 is 5.83. The van der Waals surface area contributed by atoms with E-state index in [1.807, 2.05) is 0 Å². The topological polar surface area (TPSA) is 64.5 Å². The maximum Gasteiger partial charge on any atom is 0.260 e. The highest BCUT2D eigenvalue weighted by Gasteiger charge is 2.25.